The van der Waals surface area contributed by atoms with Crippen molar-refractivity contribution in [2.45, 2.75) is 65.7 Å². The van der Waals surface area contributed by atoms with Crippen LogP contribution in [0.3, 0.4) is 0 Å². The second-order valence-electron chi connectivity index (χ2n) is 8.07. The number of carbonyl (C=O) groups excluding carboxylic acids is 1. The first-order valence-electron chi connectivity index (χ1n) is 8.77. The summed E-state index contributed by atoms with van der Waals surface area (Å²) in [6.07, 6.45) is 9.05. The van der Waals surface area contributed by atoms with Crippen molar-refractivity contribution in [3.8, 4) is 0 Å². The lowest BCUT2D eigenvalue weighted by Crippen LogP contribution is -2.53. The Morgan fingerprint density at radius 3 is 2.70 bits per heavy atom. The zero-order chi connectivity index (χ0) is 17.3. The zero-order valence-corrected chi connectivity index (χ0v) is 14.7. The SMILES string of the molecule is C=C1CC[C@@H]2[C@](C)(CCC[C@]2(C)C(=O)O)[C@H]1CC/C(C)=C/C=O. The normalized spacial score (nSPS) is 38.0. The van der Waals surface area contributed by atoms with Crippen molar-refractivity contribution in [3.05, 3.63) is 23.8 Å². The number of carbonyl (C=O) groups is 2. The molecule has 0 spiro atoms. The molecule has 128 valence electrons. The molecular formula is C20H30O3. The molecule has 2 fully saturated rings. The molecule has 0 unspecified atom stereocenters. The summed E-state index contributed by atoms with van der Waals surface area (Å²) in [6.45, 7) is 10.5. The maximum atomic E-state index is 11.9. The summed E-state index contributed by atoms with van der Waals surface area (Å²) in [5.74, 6) is -0.0703. The third-order valence-electron chi connectivity index (χ3n) is 6.69. The quantitative estimate of drug-likeness (QED) is 0.451. The lowest BCUT2D eigenvalue weighted by molar-refractivity contribution is -0.164. The Labute approximate surface area is 139 Å². The molecule has 23 heavy (non-hydrogen) atoms. The van der Waals surface area contributed by atoms with Gasteiger partial charge in [-0.15, -0.1) is 0 Å². The number of hydrogen-bond donors (Lipinski definition) is 1. The van der Waals surface area contributed by atoms with Gasteiger partial charge in [0.2, 0.25) is 0 Å². The van der Waals surface area contributed by atoms with Crippen molar-refractivity contribution >= 4 is 12.3 Å². The fraction of sp³-hybridized carbons (Fsp3) is 0.700. The fourth-order valence-electron chi connectivity index (χ4n) is 5.31. The molecule has 0 saturated heterocycles. The highest BCUT2D eigenvalue weighted by molar-refractivity contribution is 5.75. The van der Waals surface area contributed by atoms with Gasteiger partial charge >= 0.3 is 5.97 Å². The molecule has 0 aliphatic heterocycles. The predicted octanol–water partition coefficient (Wildman–Crippen LogP) is 4.78. The van der Waals surface area contributed by atoms with Crippen LogP contribution in [0.1, 0.15) is 65.7 Å². The standard InChI is InChI=1S/C20H30O3/c1-14(10-13-21)6-8-16-15(2)7-9-17-19(16,3)11-5-12-20(17,4)18(22)23/h10,13,16-17H,2,5-9,11-12H2,1,3-4H3,(H,22,23)/b14-10+/t16-,17+,19+,20-/m0/s1. The van der Waals surface area contributed by atoms with Crippen molar-refractivity contribution in [2.24, 2.45) is 22.7 Å². The second-order valence-corrected chi connectivity index (χ2v) is 8.07. The highest BCUT2D eigenvalue weighted by atomic mass is 16.4. The van der Waals surface area contributed by atoms with Crippen LogP contribution >= 0.6 is 0 Å². The third-order valence-corrected chi connectivity index (χ3v) is 6.69. The van der Waals surface area contributed by atoms with E-state index < -0.39 is 11.4 Å². The summed E-state index contributed by atoms with van der Waals surface area (Å²) >= 11 is 0. The molecule has 2 rings (SSSR count). The summed E-state index contributed by atoms with van der Waals surface area (Å²) in [4.78, 5) is 22.6. The van der Waals surface area contributed by atoms with Crippen LogP contribution in [-0.4, -0.2) is 17.4 Å². The van der Waals surface area contributed by atoms with Crippen molar-refractivity contribution in [1.82, 2.24) is 0 Å². The van der Waals surface area contributed by atoms with Gasteiger partial charge in [0.1, 0.15) is 6.29 Å². The van der Waals surface area contributed by atoms with Gasteiger partial charge in [0.25, 0.3) is 0 Å². The van der Waals surface area contributed by atoms with E-state index in [0.717, 1.165) is 56.8 Å². The van der Waals surface area contributed by atoms with E-state index in [2.05, 4.69) is 13.5 Å². The van der Waals surface area contributed by atoms with Crippen molar-refractivity contribution < 1.29 is 14.7 Å². The van der Waals surface area contributed by atoms with Crippen molar-refractivity contribution in [1.29, 1.82) is 0 Å². The Kier molecular flexibility index (Phi) is 5.17. The molecule has 0 bridgehead atoms. The first-order valence-corrected chi connectivity index (χ1v) is 8.77. The molecule has 2 aliphatic carbocycles. The monoisotopic (exact) mass is 318 g/mol. The van der Waals surface area contributed by atoms with Gasteiger partial charge in [0, 0.05) is 0 Å². The van der Waals surface area contributed by atoms with Crippen LogP contribution in [-0.2, 0) is 9.59 Å². The van der Waals surface area contributed by atoms with Crippen LogP contribution in [0.15, 0.2) is 23.8 Å². The minimum absolute atomic E-state index is 0.0161. The zero-order valence-electron chi connectivity index (χ0n) is 14.7. The van der Waals surface area contributed by atoms with E-state index in [-0.39, 0.29) is 11.3 Å². The largest absolute Gasteiger partial charge is 0.481 e. The first-order chi connectivity index (χ1) is 10.8. The van der Waals surface area contributed by atoms with Crippen LogP contribution in [0.2, 0.25) is 0 Å². The number of fused-ring (bicyclic) bond motifs is 1. The molecule has 0 aromatic heterocycles. The van der Waals surface area contributed by atoms with E-state index in [4.69, 9.17) is 0 Å². The average Bonchev–Trinajstić information content (AvgIpc) is 2.46. The lowest BCUT2D eigenvalue weighted by Gasteiger charge is -2.57. The van der Waals surface area contributed by atoms with Crippen molar-refractivity contribution in [2.75, 3.05) is 0 Å². The van der Waals surface area contributed by atoms with Gasteiger partial charge < -0.3 is 5.11 Å². The Morgan fingerprint density at radius 1 is 1.39 bits per heavy atom. The summed E-state index contributed by atoms with van der Waals surface area (Å²) < 4.78 is 0. The van der Waals surface area contributed by atoms with Gasteiger partial charge in [-0.3, -0.25) is 9.59 Å². The number of carboxylic acid groups (broad SMARTS) is 1. The van der Waals surface area contributed by atoms with Crippen molar-refractivity contribution in [3.63, 3.8) is 0 Å². The van der Waals surface area contributed by atoms with Gasteiger partial charge in [0.15, 0.2) is 0 Å². The van der Waals surface area contributed by atoms with E-state index in [9.17, 15) is 14.7 Å². The molecule has 1 N–H and O–H groups in total. The minimum atomic E-state index is -0.642. The molecule has 3 nitrogen and oxygen atoms in total. The van der Waals surface area contributed by atoms with Crippen LogP contribution in [0.5, 0.6) is 0 Å². The molecular weight excluding hydrogens is 288 g/mol. The van der Waals surface area contributed by atoms with Gasteiger partial charge in [-0.25, -0.2) is 0 Å². The molecule has 3 heteroatoms. The lowest BCUT2D eigenvalue weighted by atomic mass is 9.46. The number of carboxylic acids is 1. The number of rotatable bonds is 5. The topological polar surface area (TPSA) is 54.4 Å². The van der Waals surface area contributed by atoms with E-state index in [0.29, 0.717) is 5.92 Å². The van der Waals surface area contributed by atoms with Crippen LogP contribution < -0.4 is 0 Å². The Morgan fingerprint density at radius 2 is 2.09 bits per heavy atom. The van der Waals surface area contributed by atoms with Crippen LogP contribution in [0.4, 0.5) is 0 Å². The first kappa shape index (κ1) is 18.0. The summed E-state index contributed by atoms with van der Waals surface area (Å²) in [5.41, 5.74) is 1.77. The van der Waals surface area contributed by atoms with Gasteiger partial charge in [-0.05, 0) is 75.7 Å². The van der Waals surface area contributed by atoms with Gasteiger partial charge in [-0.2, -0.15) is 0 Å². The Bertz CT molecular complexity index is 533. The number of allylic oxidation sites excluding steroid dienone is 3. The average molecular weight is 318 g/mol. The highest BCUT2D eigenvalue weighted by Crippen LogP contribution is 2.62. The third kappa shape index (κ3) is 3.15. The van der Waals surface area contributed by atoms with E-state index in [1.54, 1.807) is 6.08 Å². The number of aldehydes is 1. The highest BCUT2D eigenvalue weighted by Gasteiger charge is 2.57. The molecule has 0 heterocycles. The Hall–Kier alpha value is -1.38. The maximum absolute atomic E-state index is 11.9. The second kappa shape index (κ2) is 6.62. The van der Waals surface area contributed by atoms with E-state index >= 15 is 0 Å². The molecule has 0 aromatic carbocycles. The molecule has 2 aliphatic rings. The predicted molar refractivity (Wildman–Crippen MR) is 92.1 cm³/mol. The van der Waals surface area contributed by atoms with E-state index in [1.165, 1.54) is 5.57 Å². The number of hydrogen-bond acceptors (Lipinski definition) is 2. The molecule has 0 aromatic rings. The fourth-order valence-corrected chi connectivity index (χ4v) is 5.31. The summed E-state index contributed by atoms with van der Waals surface area (Å²) in [7, 11) is 0. The molecule has 2 saturated carbocycles. The summed E-state index contributed by atoms with van der Waals surface area (Å²) in [6, 6.07) is 0. The number of aliphatic carboxylic acids is 1. The smallest absolute Gasteiger partial charge is 0.309 e. The van der Waals surface area contributed by atoms with Crippen LogP contribution in [0.25, 0.3) is 0 Å². The van der Waals surface area contributed by atoms with E-state index in [1.807, 2.05) is 13.8 Å². The van der Waals surface area contributed by atoms with Crippen LogP contribution in [0, 0.1) is 22.7 Å². The molecule has 0 radical (unpaired) electrons. The van der Waals surface area contributed by atoms with Gasteiger partial charge in [-0.1, -0.05) is 31.1 Å². The van der Waals surface area contributed by atoms with Gasteiger partial charge in [0.05, 0.1) is 5.41 Å². The Balaban J connectivity index is 2.27. The maximum Gasteiger partial charge on any atom is 0.309 e. The minimum Gasteiger partial charge on any atom is -0.481 e. The molecule has 4 atom stereocenters. The summed E-state index contributed by atoms with van der Waals surface area (Å²) in [5, 5.41) is 9.82. The molecule has 0 amide bonds.